The van der Waals surface area contributed by atoms with Crippen molar-refractivity contribution in [3.8, 4) is 83.6 Å². The highest BCUT2D eigenvalue weighted by molar-refractivity contribution is 7.00. The molecule has 0 saturated carbocycles. The Kier molecular flexibility index (Phi) is 12.8. The molecule has 90 heavy (non-hydrogen) atoms. The lowest BCUT2D eigenvalue weighted by Gasteiger charge is -2.44. The van der Waals surface area contributed by atoms with Crippen LogP contribution in [-0.4, -0.2) is 11.3 Å². The number of fused-ring (bicyclic) bond motifs is 7. The van der Waals surface area contributed by atoms with Crippen molar-refractivity contribution in [1.29, 1.82) is 0 Å². The van der Waals surface area contributed by atoms with Gasteiger partial charge in [-0.05, 0) is 194 Å². The van der Waals surface area contributed by atoms with Crippen LogP contribution in [0.1, 0.15) is 11.1 Å². The normalized spacial score (nSPS) is 12.3. The molecule has 0 aliphatic carbocycles. The molecular weight excluding hydrogens is 1090 g/mol. The second-order valence-corrected chi connectivity index (χ2v) is 24.2. The van der Waals surface area contributed by atoms with Gasteiger partial charge in [0.15, 0.2) is 0 Å². The van der Waals surface area contributed by atoms with Gasteiger partial charge in [0.25, 0.3) is 6.71 Å². The number of para-hydroxylation sites is 3. The zero-order valence-electron chi connectivity index (χ0n) is 50.1. The molecule has 0 fully saturated rings. The van der Waals surface area contributed by atoms with Crippen LogP contribution in [0.25, 0.3) is 105 Å². The number of anilines is 6. The van der Waals surface area contributed by atoms with E-state index in [0.717, 1.165) is 72.9 Å². The lowest BCUT2D eigenvalue weighted by atomic mass is 9.33. The molecule has 3 heterocycles. The fourth-order valence-electron chi connectivity index (χ4n) is 14.5. The molecule has 0 N–H and O–H groups in total. The summed E-state index contributed by atoms with van der Waals surface area (Å²) < 4.78 is 2.50. The van der Waals surface area contributed by atoms with E-state index in [4.69, 9.17) is 0 Å². The van der Waals surface area contributed by atoms with Gasteiger partial charge in [-0.1, -0.05) is 248 Å². The first-order valence-electron chi connectivity index (χ1n) is 31.2. The van der Waals surface area contributed by atoms with Crippen LogP contribution in [0.4, 0.5) is 34.1 Å². The van der Waals surface area contributed by atoms with E-state index in [1.165, 1.54) is 94.2 Å². The fraction of sp³-hybridized carbons (Fsp3) is 0.0233. The number of benzene rings is 14. The van der Waals surface area contributed by atoms with Crippen LogP contribution in [0.3, 0.4) is 0 Å². The molecule has 2 aliphatic rings. The van der Waals surface area contributed by atoms with Crippen molar-refractivity contribution in [2.24, 2.45) is 0 Å². The largest absolute Gasteiger partial charge is 0.311 e. The summed E-state index contributed by atoms with van der Waals surface area (Å²) in [6.45, 7) is 4.29. The van der Waals surface area contributed by atoms with E-state index in [1.807, 2.05) is 0 Å². The molecule has 422 valence electrons. The van der Waals surface area contributed by atoms with Crippen molar-refractivity contribution in [2.45, 2.75) is 13.8 Å². The van der Waals surface area contributed by atoms with E-state index in [1.54, 1.807) is 0 Å². The maximum absolute atomic E-state index is 2.58. The van der Waals surface area contributed by atoms with Crippen molar-refractivity contribution in [1.82, 2.24) is 4.57 Å². The van der Waals surface area contributed by atoms with E-state index < -0.39 is 0 Å². The Morgan fingerprint density at radius 2 is 0.633 bits per heavy atom. The predicted molar refractivity (Wildman–Crippen MR) is 382 cm³/mol. The Morgan fingerprint density at radius 1 is 0.233 bits per heavy atom. The highest BCUT2D eigenvalue weighted by atomic mass is 15.2. The summed E-state index contributed by atoms with van der Waals surface area (Å²) in [5.41, 5.74) is 32.9. The van der Waals surface area contributed by atoms with Crippen molar-refractivity contribution < 1.29 is 0 Å². The first-order chi connectivity index (χ1) is 44.4. The lowest BCUT2D eigenvalue weighted by molar-refractivity contribution is 1.18. The van der Waals surface area contributed by atoms with E-state index in [-0.39, 0.29) is 6.71 Å². The van der Waals surface area contributed by atoms with Crippen LogP contribution < -0.4 is 26.2 Å². The molecule has 1 aromatic heterocycles. The summed E-state index contributed by atoms with van der Waals surface area (Å²) in [6.07, 6.45) is 0. The van der Waals surface area contributed by atoms with Gasteiger partial charge < -0.3 is 14.4 Å². The number of hydrogen-bond donors (Lipinski definition) is 0. The average molecular weight is 1150 g/mol. The Balaban J connectivity index is 0.941. The highest BCUT2D eigenvalue weighted by Crippen LogP contribution is 2.49. The SMILES string of the molecule is Cc1cccc(-c2ccc(-n3c4ccccc4c4cc(-c5cc6c7c(c5)N(c5cc(-c8ccccc8)cc(-c8ccccc8)c5)c5ccccc5B7c5ccccc5N6c5cc(-c6ccccc6)cc(-c6ccccc6)c5)ccc43)c(-c3cccc(C)c3)c2)c1. The lowest BCUT2D eigenvalue weighted by Crippen LogP contribution is -2.61. The first kappa shape index (κ1) is 52.8. The molecule has 0 bridgehead atoms. The third-order valence-corrected chi connectivity index (χ3v) is 18.6. The smallest absolute Gasteiger partial charge is 0.252 e. The maximum atomic E-state index is 2.58. The summed E-state index contributed by atoms with van der Waals surface area (Å²) in [5, 5.41) is 2.40. The highest BCUT2D eigenvalue weighted by Gasteiger charge is 2.44. The zero-order chi connectivity index (χ0) is 59.8. The van der Waals surface area contributed by atoms with E-state index >= 15 is 0 Å². The summed E-state index contributed by atoms with van der Waals surface area (Å²) in [5.74, 6) is 0. The van der Waals surface area contributed by atoms with Crippen LogP contribution in [0.2, 0.25) is 0 Å². The minimum Gasteiger partial charge on any atom is -0.311 e. The summed E-state index contributed by atoms with van der Waals surface area (Å²) in [6, 6.07) is 122. The molecule has 17 rings (SSSR count). The molecule has 0 spiro atoms. The quantitative estimate of drug-likeness (QED) is 0.126. The number of aryl methyl sites for hydroxylation is 2. The Hall–Kier alpha value is -11.5. The summed E-state index contributed by atoms with van der Waals surface area (Å²) in [7, 11) is 0. The van der Waals surface area contributed by atoms with Crippen molar-refractivity contribution in [3.63, 3.8) is 0 Å². The summed E-state index contributed by atoms with van der Waals surface area (Å²) >= 11 is 0. The zero-order valence-corrected chi connectivity index (χ0v) is 50.1. The monoisotopic (exact) mass is 1150 g/mol. The Bertz CT molecular complexity index is 4970. The molecule has 15 aromatic rings. The fourth-order valence-corrected chi connectivity index (χ4v) is 14.5. The van der Waals surface area contributed by atoms with Crippen LogP contribution >= 0.6 is 0 Å². The Labute approximate surface area is 526 Å². The molecule has 14 aromatic carbocycles. The molecule has 4 heteroatoms. The molecular formula is C86H60BN3. The van der Waals surface area contributed by atoms with Crippen LogP contribution in [0, 0.1) is 13.8 Å². The van der Waals surface area contributed by atoms with E-state index in [2.05, 4.69) is 356 Å². The van der Waals surface area contributed by atoms with Crippen molar-refractivity contribution in [3.05, 3.63) is 339 Å². The molecule has 0 unspecified atom stereocenters. The molecule has 3 nitrogen and oxygen atoms in total. The average Bonchev–Trinajstić information content (AvgIpc) is 0.768. The predicted octanol–water partition coefficient (Wildman–Crippen LogP) is 21.2. The van der Waals surface area contributed by atoms with Crippen LogP contribution in [-0.2, 0) is 0 Å². The van der Waals surface area contributed by atoms with E-state index in [9.17, 15) is 0 Å². The topological polar surface area (TPSA) is 11.4 Å². The minimum absolute atomic E-state index is 0.0684. The Morgan fingerprint density at radius 3 is 1.16 bits per heavy atom. The number of hydrogen-bond acceptors (Lipinski definition) is 2. The van der Waals surface area contributed by atoms with Gasteiger partial charge in [0, 0.05) is 50.5 Å². The van der Waals surface area contributed by atoms with Gasteiger partial charge in [0.2, 0.25) is 0 Å². The number of nitrogens with zero attached hydrogens (tertiary/aromatic N) is 3. The molecule has 0 saturated heterocycles. The number of rotatable bonds is 10. The second-order valence-electron chi connectivity index (χ2n) is 24.2. The van der Waals surface area contributed by atoms with Crippen LogP contribution in [0.15, 0.2) is 328 Å². The van der Waals surface area contributed by atoms with Gasteiger partial charge in [-0.15, -0.1) is 0 Å². The van der Waals surface area contributed by atoms with Gasteiger partial charge in [0.1, 0.15) is 0 Å². The second kappa shape index (κ2) is 21.7. The van der Waals surface area contributed by atoms with Crippen molar-refractivity contribution >= 4 is 79.0 Å². The maximum Gasteiger partial charge on any atom is 0.252 e. The summed E-state index contributed by atoms with van der Waals surface area (Å²) in [4.78, 5) is 5.15. The molecule has 0 radical (unpaired) electrons. The van der Waals surface area contributed by atoms with Crippen LogP contribution in [0.5, 0.6) is 0 Å². The van der Waals surface area contributed by atoms with Gasteiger partial charge in [-0.3, -0.25) is 0 Å². The third kappa shape index (κ3) is 9.06. The standard InChI is InChI=1S/C86H60BN3/c1-57-23-21-33-63(45-57)64-41-43-80(75(53-64)66-34-22-24-58(2)46-66)90-79-38-18-15-35-74(79)76-54-65(42-44-81(76)90)71-55-84-86-85(56-71)89(73-51-69(61-29-11-5-12-30-61)48-70(52-73)62-31-13-6-14-32-62)83-40-20-17-37-78(83)87(86)77-36-16-19-39-82(77)88(84)72-49-67(59-25-7-3-8-26-59)47-68(50-72)60-27-9-4-10-28-60/h3-56H,1-2H3. The first-order valence-corrected chi connectivity index (χ1v) is 31.2. The van der Waals surface area contributed by atoms with E-state index in [0.29, 0.717) is 0 Å². The minimum atomic E-state index is -0.0684. The molecule has 0 atom stereocenters. The van der Waals surface area contributed by atoms with Gasteiger partial charge in [0.05, 0.1) is 16.7 Å². The van der Waals surface area contributed by atoms with Crippen molar-refractivity contribution in [2.75, 3.05) is 9.80 Å². The van der Waals surface area contributed by atoms with Gasteiger partial charge in [-0.25, -0.2) is 0 Å². The third-order valence-electron chi connectivity index (χ3n) is 18.6. The number of aromatic nitrogens is 1. The molecule has 0 amide bonds. The van der Waals surface area contributed by atoms with Gasteiger partial charge in [-0.2, -0.15) is 0 Å². The van der Waals surface area contributed by atoms with Gasteiger partial charge >= 0.3 is 0 Å². The molecule has 2 aliphatic heterocycles.